The number of halogens is 3. The first kappa shape index (κ1) is 15.8. The van der Waals surface area contributed by atoms with Crippen molar-refractivity contribution in [3.8, 4) is 0 Å². The number of hydrogen-bond donors (Lipinski definition) is 1. The Morgan fingerprint density at radius 3 is 2.90 bits per heavy atom. The highest BCUT2D eigenvalue weighted by Gasteiger charge is 2.32. The van der Waals surface area contributed by atoms with Crippen LogP contribution in [0.5, 0.6) is 0 Å². The van der Waals surface area contributed by atoms with Crippen LogP contribution in [0, 0.1) is 11.6 Å². The average molecular weight is 349 g/mol. The van der Waals surface area contributed by atoms with Crippen LogP contribution in [0.2, 0.25) is 0 Å². The maximum Gasteiger partial charge on any atom is 0.145 e. The van der Waals surface area contributed by atoms with Gasteiger partial charge in [0.05, 0.1) is 23.2 Å². The molecule has 0 aromatic heterocycles. The number of likely N-dealkylation sites (N-methyl/N-ethyl adjacent to an activating group) is 2. The van der Waals surface area contributed by atoms with Crippen LogP contribution in [0.25, 0.3) is 0 Å². The molecule has 0 saturated carbocycles. The highest BCUT2D eigenvalue weighted by Crippen LogP contribution is 2.30. The molecule has 1 aliphatic rings. The molecule has 3 nitrogen and oxygen atoms in total. The lowest BCUT2D eigenvalue weighted by Crippen LogP contribution is -2.47. The van der Waals surface area contributed by atoms with Crippen LogP contribution in [-0.4, -0.2) is 44.3 Å². The Hall–Kier alpha value is -0.560. The minimum Gasteiger partial charge on any atom is -0.374 e. The topological polar surface area (TPSA) is 24.5 Å². The van der Waals surface area contributed by atoms with Crippen LogP contribution in [0.4, 0.5) is 8.78 Å². The molecule has 2 atom stereocenters. The lowest BCUT2D eigenvalue weighted by molar-refractivity contribution is -0.0401. The molecule has 0 radical (unpaired) electrons. The SMILES string of the molecule is CCNC(c1c(F)ccc(Br)c1F)C1CN(C)CCO1. The molecular formula is C14H19BrF2N2O. The molecule has 0 spiro atoms. The molecule has 1 aromatic rings. The van der Waals surface area contributed by atoms with Crippen LogP contribution < -0.4 is 5.32 Å². The fourth-order valence-corrected chi connectivity index (χ4v) is 2.83. The summed E-state index contributed by atoms with van der Waals surface area (Å²) in [6, 6.07) is 2.16. The van der Waals surface area contributed by atoms with Gasteiger partial charge in [0.15, 0.2) is 0 Å². The van der Waals surface area contributed by atoms with Crippen molar-refractivity contribution in [1.29, 1.82) is 0 Å². The van der Waals surface area contributed by atoms with Gasteiger partial charge in [-0.1, -0.05) is 6.92 Å². The van der Waals surface area contributed by atoms with E-state index in [2.05, 4.69) is 26.1 Å². The number of ether oxygens (including phenoxy) is 1. The summed E-state index contributed by atoms with van der Waals surface area (Å²) in [5.41, 5.74) is 0.0431. The zero-order valence-corrected chi connectivity index (χ0v) is 13.2. The van der Waals surface area contributed by atoms with E-state index in [4.69, 9.17) is 4.74 Å². The molecule has 1 aromatic carbocycles. The second-order valence-corrected chi connectivity index (χ2v) is 5.82. The first-order chi connectivity index (χ1) is 9.54. The lowest BCUT2D eigenvalue weighted by atomic mass is 9.98. The molecule has 1 saturated heterocycles. The molecule has 1 N–H and O–H groups in total. The van der Waals surface area contributed by atoms with Crippen LogP contribution in [0.15, 0.2) is 16.6 Å². The highest BCUT2D eigenvalue weighted by atomic mass is 79.9. The third-order valence-corrected chi connectivity index (χ3v) is 4.10. The van der Waals surface area contributed by atoms with Crippen LogP contribution in [-0.2, 0) is 4.74 Å². The molecule has 20 heavy (non-hydrogen) atoms. The first-order valence-corrected chi connectivity index (χ1v) is 7.50. The standard InChI is InChI=1S/C14H19BrF2N2O/c1-3-18-14(11-8-19(2)6-7-20-11)12-10(16)5-4-9(15)13(12)17/h4-5,11,14,18H,3,6-8H2,1-2H3. The van der Waals surface area contributed by atoms with Gasteiger partial charge in [0.2, 0.25) is 0 Å². The molecule has 1 aliphatic heterocycles. The van der Waals surface area contributed by atoms with Crippen molar-refractivity contribution in [3.63, 3.8) is 0 Å². The van der Waals surface area contributed by atoms with Gasteiger partial charge in [0.25, 0.3) is 0 Å². The summed E-state index contributed by atoms with van der Waals surface area (Å²) >= 11 is 3.11. The van der Waals surface area contributed by atoms with E-state index in [1.54, 1.807) is 0 Å². The van der Waals surface area contributed by atoms with E-state index in [1.807, 2.05) is 14.0 Å². The van der Waals surface area contributed by atoms with Gasteiger partial charge in [-0.2, -0.15) is 0 Å². The maximum atomic E-state index is 14.3. The van der Waals surface area contributed by atoms with Gasteiger partial charge in [0.1, 0.15) is 11.6 Å². The largest absolute Gasteiger partial charge is 0.374 e. The second kappa shape index (κ2) is 6.93. The van der Waals surface area contributed by atoms with Crippen molar-refractivity contribution in [2.24, 2.45) is 0 Å². The first-order valence-electron chi connectivity index (χ1n) is 6.71. The number of rotatable bonds is 4. The number of nitrogens with one attached hydrogen (secondary N) is 1. The zero-order valence-electron chi connectivity index (χ0n) is 11.6. The van der Waals surface area contributed by atoms with Gasteiger partial charge < -0.3 is 15.0 Å². The van der Waals surface area contributed by atoms with Crippen molar-refractivity contribution in [2.45, 2.75) is 19.1 Å². The molecule has 6 heteroatoms. The summed E-state index contributed by atoms with van der Waals surface area (Å²) in [6.45, 7) is 4.56. The fourth-order valence-electron chi connectivity index (χ4n) is 2.48. The quantitative estimate of drug-likeness (QED) is 0.846. The molecule has 0 bridgehead atoms. The van der Waals surface area contributed by atoms with Gasteiger partial charge in [-0.3, -0.25) is 0 Å². The Morgan fingerprint density at radius 1 is 1.50 bits per heavy atom. The smallest absolute Gasteiger partial charge is 0.145 e. The summed E-state index contributed by atoms with van der Waals surface area (Å²) in [5, 5.41) is 3.15. The molecule has 0 aliphatic carbocycles. The summed E-state index contributed by atoms with van der Waals surface area (Å²) < 4.78 is 34.4. The number of morpholine rings is 1. The van der Waals surface area contributed by atoms with Crippen molar-refractivity contribution in [2.75, 3.05) is 33.3 Å². The molecule has 0 amide bonds. The number of nitrogens with zero attached hydrogens (tertiary/aromatic N) is 1. The summed E-state index contributed by atoms with van der Waals surface area (Å²) in [7, 11) is 1.98. The molecule has 1 fully saturated rings. The minimum atomic E-state index is -0.562. The summed E-state index contributed by atoms with van der Waals surface area (Å²) in [5.74, 6) is -1.11. The van der Waals surface area contributed by atoms with E-state index in [9.17, 15) is 8.78 Å². The van der Waals surface area contributed by atoms with E-state index in [1.165, 1.54) is 12.1 Å². The van der Waals surface area contributed by atoms with Gasteiger partial charge in [-0.05, 0) is 41.7 Å². The molecule has 2 rings (SSSR count). The van der Waals surface area contributed by atoms with E-state index >= 15 is 0 Å². The average Bonchev–Trinajstić information content (AvgIpc) is 2.42. The van der Waals surface area contributed by atoms with E-state index < -0.39 is 17.7 Å². The Morgan fingerprint density at radius 2 is 2.25 bits per heavy atom. The van der Waals surface area contributed by atoms with Crippen LogP contribution in [0.1, 0.15) is 18.5 Å². The van der Waals surface area contributed by atoms with Crippen LogP contribution >= 0.6 is 15.9 Å². The normalized spacial score (nSPS) is 21.9. The fraction of sp³-hybridized carbons (Fsp3) is 0.571. The highest BCUT2D eigenvalue weighted by molar-refractivity contribution is 9.10. The van der Waals surface area contributed by atoms with Gasteiger partial charge in [-0.25, -0.2) is 8.78 Å². The summed E-state index contributed by atoms with van der Waals surface area (Å²) in [4.78, 5) is 2.10. The number of hydrogen-bond acceptors (Lipinski definition) is 3. The van der Waals surface area contributed by atoms with Crippen molar-refractivity contribution in [1.82, 2.24) is 10.2 Å². The molecule has 1 heterocycles. The maximum absolute atomic E-state index is 14.3. The van der Waals surface area contributed by atoms with Crippen molar-refractivity contribution >= 4 is 15.9 Å². The van der Waals surface area contributed by atoms with E-state index in [0.29, 0.717) is 19.7 Å². The second-order valence-electron chi connectivity index (χ2n) is 4.96. The predicted molar refractivity (Wildman–Crippen MR) is 77.7 cm³/mol. The van der Waals surface area contributed by atoms with Crippen molar-refractivity contribution in [3.05, 3.63) is 33.8 Å². The Kier molecular flexibility index (Phi) is 5.49. The minimum absolute atomic E-state index is 0.0431. The van der Waals surface area contributed by atoms with E-state index in [0.717, 1.165) is 6.54 Å². The number of benzene rings is 1. The molecular weight excluding hydrogens is 330 g/mol. The van der Waals surface area contributed by atoms with E-state index in [-0.39, 0.29) is 16.1 Å². The van der Waals surface area contributed by atoms with Gasteiger partial charge in [-0.15, -0.1) is 0 Å². The monoisotopic (exact) mass is 348 g/mol. The van der Waals surface area contributed by atoms with Gasteiger partial charge >= 0.3 is 0 Å². The molecule has 112 valence electrons. The third-order valence-electron chi connectivity index (χ3n) is 3.48. The van der Waals surface area contributed by atoms with Gasteiger partial charge in [0, 0.05) is 18.7 Å². The van der Waals surface area contributed by atoms with Crippen LogP contribution in [0.3, 0.4) is 0 Å². The van der Waals surface area contributed by atoms with Crippen molar-refractivity contribution < 1.29 is 13.5 Å². The molecule has 2 unspecified atom stereocenters. The Bertz CT molecular complexity index is 473. The lowest BCUT2D eigenvalue weighted by Gasteiger charge is -2.36. The third kappa shape index (κ3) is 3.36. The predicted octanol–water partition coefficient (Wildman–Crippen LogP) is 2.71. The Labute approximate surface area is 126 Å². The zero-order chi connectivity index (χ0) is 14.7. The summed E-state index contributed by atoms with van der Waals surface area (Å²) in [6.07, 6.45) is -0.271. The Balaban J connectivity index is 2.35.